The number of nitrogens with one attached hydrogen (secondary N) is 1. The third-order valence-corrected chi connectivity index (χ3v) is 5.04. The summed E-state index contributed by atoms with van der Waals surface area (Å²) in [5.74, 6) is 0.833. The van der Waals surface area contributed by atoms with Crippen LogP contribution in [0.4, 0.5) is 0 Å². The molecule has 3 nitrogen and oxygen atoms in total. The van der Waals surface area contributed by atoms with Crippen LogP contribution in [0, 0.1) is 0 Å². The molecule has 2 heterocycles. The van der Waals surface area contributed by atoms with Crippen LogP contribution in [-0.4, -0.2) is 9.97 Å². The van der Waals surface area contributed by atoms with E-state index in [4.69, 9.17) is 5.73 Å². The van der Waals surface area contributed by atoms with Crippen LogP contribution in [0.5, 0.6) is 0 Å². The molecule has 0 spiro atoms. The van der Waals surface area contributed by atoms with Gasteiger partial charge in [-0.25, -0.2) is 4.98 Å². The number of benzene rings is 2. The van der Waals surface area contributed by atoms with Crippen molar-refractivity contribution in [1.82, 2.24) is 9.97 Å². The van der Waals surface area contributed by atoms with Gasteiger partial charge in [0.05, 0.1) is 17.9 Å². The van der Waals surface area contributed by atoms with Crippen molar-refractivity contribution in [2.45, 2.75) is 12.5 Å². The van der Waals surface area contributed by atoms with E-state index in [1.54, 1.807) is 11.3 Å². The molecule has 2 aromatic heterocycles. The zero-order valence-corrected chi connectivity index (χ0v) is 14.6. The normalized spacial score (nSPS) is 12.0. The first-order valence-corrected chi connectivity index (χ1v) is 8.50. The fraction of sp³-hybridized carbons (Fsp3) is 0.105. The van der Waals surface area contributed by atoms with Crippen LogP contribution in [0.25, 0.3) is 21.3 Å². The van der Waals surface area contributed by atoms with E-state index in [0.29, 0.717) is 0 Å². The summed E-state index contributed by atoms with van der Waals surface area (Å²) in [5.41, 5.74) is 9.80. The first-order chi connectivity index (χ1) is 11.3. The van der Waals surface area contributed by atoms with Crippen molar-refractivity contribution >= 4 is 33.8 Å². The highest BCUT2D eigenvalue weighted by atomic mass is 35.5. The second kappa shape index (κ2) is 7.18. The fourth-order valence-electron chi connectivity index (χ4n) is 2.81. The SMILES string of the molecule is Cl.N[C@H](Cc1csc2ccccc12)c1ncc(-c2ccccc2)[nH]1. The van der Waals surface area contributed by atoms with E-state index in [-0.39, 0.29) is 18.4 Å². The standard InChI is InChI=1S/C19H17N3S.ClH/c20-16(10-14-12-23-18-9-5-4-8-15(14)18)19-21-11-17(22-19)13-6-2-1-3-7-13;/h1-9,11-12,16H,10,20H2,(H,21,22);1H/t16-;/m1./s1. The van der Waals surface area contributed by atoms with Crippen LogP contribution >= 0.6 is 23.7 Å². The average Bonchev–Trinajstić information content (AvgIpc) is 3.24. The van der Waals surface area contributed by atoms with Gasteiger partial charge in [0, 0.05) is 4.70 Å². The largest absolute Gasteiger partial charge is 0.341 e. The average molecular weight is 356 g/mol. The van der Waals surface area contributed by atoms with Crippen molar-refractivity contribution < 1.29 is 0 Å². The third-order valence-electron chi connectivity index (χ3n) is 4.03. The van der Waals surface area contributed by atoms with E-state index >= 15 is 0 Å². The van der Waals surface area contributed by atoms with Crippen molar-refractivity contribution in [2.75, 3.05) is 0 Å². The Kier molecular flexibility index (Phi) is 5.00. The Morgan fingerprint density at radius 1 is 1.04 bits per heavy atom. The highest BCUT2D eigenvalue weighted by Gasteiger charge is 2.14. The van der Waals surface area contributed by atoms with Gasteiger partial charge in [0.15, 0.2) is 0 Å². The monoisotopic (exact) mass is 355 g/mol. The molecule has 2 aromatic carbocycles. The summed E-state index contributed by atoms with van der Waals surface area (Å²) in [6.45, 7) is 0. The number of halogens is 1. The maximum absolute atomic E-state index is 6.38. The predicted molar refractivity (Wildman–Crippen MR) is 104 cm³/mol. The highest BCUT2D eigenvalue weighted by Crippen LogP contribution is 2.28. The number of imidazole rings is 1. The Balaban J connectivity index is 0.00000169. The maximum Gasteiger partial charge on any atom is 0.123 e. The molecule has 4 aromatic rings. The quantitative estimate of drug-likeness (QED) is 0.543. The smallest absolute Gasteiger partial charge is 0.123 e. The number of rotatable bonds is 4. The van der Waals surface area contributed by atoms with Crippen LogP contribution in [0.3, 0.4) is 0 Å². The first-order valence-electron chi connectivity index (χ1n) is 7.62. The van der Waals surface area contributed by atoms with Gasteiger partial charge >= 0.3 is 0 Å². The molecular weight excluding hydrogens is 338 g/mol. The van der Waals surface area contributed by atoms with Gasteiger partial charge in [0.25, 0.3) is 0 Å². The van der Waals surface area contributed by atoms with E-state index in [0.717, 1.165) is 23.5 Å². The fourth-order valence-corrected chi connectivity index (χ4v) is 3.79. The van der Waals surface area contributed by atoms with Crippen LogP contribution in [0.2, 0.25) is 0 Å². The van der Waals surface area contributed by atoms with Crippen molar-refractivity contribution in [2.24, 2.45) is 5.73 Å². The Hall–Kier alpha value is -2.14. The molecule has 24 heavy (non-hydrogen) atoms. The van der Waals surface area contributed by atoms with E-state index in [9.17, 15) is 0 Å². The van der Waals surface area contributed by atoms with Gasteiger partial charge in [-0.2, -0.15) is 0 Å². The maximum atomic E-state index is 6.38. The van der Waals surface area contributed by atoms with Gasteiger partial charge in [-0.3, -0.25) is 0 Å². The highest BCUT2D eigenvalue weighted by molar-refractivity contribution is 7.17. The van der Waals surface area contributed by atoms with Gasteiger partial charge in [0.1, 0.15) is 5.82 Å². The second-order valence-corrected chi connectivity index (χ2v) is 6.53. The van der Waals surface area contributed by atoms with Gasteiger partial charge < -0.3 is 10.7 Å². The minimum atomic E-state index is -0.134. The topological polar surface area (TPSA) is 54.7 Å². The van der Waals surface area contributed by atoms with Crippen molar-refractivity contribution in [3.8, 4) is 11.3 Å². The molecule has 0 saturated heterocycles. The third kappa shape index (κ3) is 3.22. The number of fused-ring (bicyclic) bond motifs is 1. The van der Waals surface area contributed by atoms with Gasteiger partial charge in [-0.1, -0.05) is 48.5 Å². The van der Waals surface area contributed by atoms with Gasteiger partial charge in [-0.15, -0.1) is 23.7 Å². The zero-order chi connectivity index (χ0) is 15.6. The van der Waals surface area contributed by atoms with Crippen molar-refractivity contribution in [3.63, 3.8) is 0 Å². The molecule has 0 fully saturated rings. The molecule has 0 saturated carbocycles. The number of hydrogen-bond donors (Lipinski definition) is 2. The molecule has 0 aliphatic carbocycles. The molecule has 4 rings (SSSR count). The Morgan fingerprint density at radius 3 is 2.62 bits per heavy atom. The van der Waals surface area contributed by atoms with E-state index in [1.165, 1.54) is 15.6 Å². The lowest BCUT2D eigenvalue weighted by atomic mass is 10.1. The van der Waals surface area contributed by atoms with Crippen LogP contribution in [0.1, 0.15) is 17.4 Å². The molecule has 1 atom stereocenters. The van der Waals surface area contributed by atoms with Gasteiger partial charge in [0.2, 0.25) is 0 Å². The molecule has 0 aliphatic heterocycles. The number of nitrogens with zero attached hydrogens (tertiary/aromatic N) is 1. The molecule has 5 heteroatoms. The summed E-state index contributed by atoms with van der Waals surface area (Å²) in [4.78, 5) is 7.83. The number of H-pyrrole nitrogens is 1. The Morgan fingerprint density at radius 2 is 1.79 bits per heavy atom. The lowest BCUT2D eigenvalue weighted by Gasteiger charge is -2.08. The summed E-state index contributed by atoms with van der Waals surface area (Å²) in [6.07, 6.45) is 2.64. The summed E-state index contributed by atoms with van der Waals surface area (Å²) >= 11 is 1.77. The molecule has 0 bridgehead atoms. The zero-order valence-electron chi connectivity index (χ0n) is 13.0. The molecule has 0 unspecified atom stereocenters. The van der Waals surface area contributed by atoms with Crippen molar-refractivity contribution in [1.29, 1.82) is 0 Å². The van der Waals surface area contributed by atoms with Crippen molar-refractivity contribution in [3.05, 3.63) is 77.6 Å². The van der Waals surface area contributed by atoms with E-state index < -0.39 is 0 Å². The molecule has 0 aliphatic rings. The molecule has 3 N–H and O–H groups in total. The number of thiophene rings is 1. The number of aromatic amines is 1. The molecule has 122 valence electrons. The minimum absolute atomic E-state index is 0. The van der Waals surface area contributed by atoms with Crippen LogP contribution < -0.4 is 5.73 Å². The number of aromatic nitrogens is 2. The van der Waals surface area contributed by atoms with Crippen LogP contribution in [0.15, 0.2) is 66.2 Å². The second-order valence-electron chi connectivity index (χ2n) is 5.62. The summed E-state index contributed by atoms with van der Waals surface area (Å²) in [5, 5.41) is 3.49. The summed E-state index contributed by atoms with van der Waals surface area (Å²) < 4.78 is 1.30. The first kappa shape index (κ1) is 16.7. The Bertz CT molecular complexity index is 930. The minimum Gasteiger partial charge on any atom is -0.341 e. The lowest BCUT2D eigenvalue weighted by molar-refractivity contribution is 0.682. The lowest BCUT2D eigenvalue weighted by Crippen LogP contribution is -2.14. The molecule has 0 amide bonds. The van der Waals surface area contributed by atoms with E-state index in [1.807, 2.05) is 24.4 Å². The molecular formula is C19H18ClN3S. The van der Waals surface area contributed by atoms with Gasteiger partial charge in [-0.05, 0) is 34.4 Å². The number of hydrogen-bond acceptors (Lipinski definition) is 3. The number of nitrogens with two attached hydrogens (primary N) is 1. The van der Waals surface area contributed by atoms with Crippen LogP contribution in [-0.2, 0) is 6.42 Å². The molecule has 0 radical (unpaired) electrons. The Labute approximate surface area is 151 Å². The summed E-state index contributed by atoms with van der Waals surface area (Å²) in [7, 11) is 0. The summed E-state index contributed by atoms with van der Waals surface area (Å²) in [6, 6.07) is 18.5. The van der Waals surface area contributed by atoms with E-state index in [2.05, 4.69) is 51.7 Å². The predicted octanol–water partition coefficient (Wildman–Crippen LogP) is 4.96.